The van der Waals surface area contributed by atoms with Crippen LogP contribution < -0.4 is 15.0 Å². The van der Waals surface area contributed by atoms with Crippen LogP contribution in [0.4, 0.5) is 10.5 Å². The number of rotatable bonds is 5. The third kappa shape index (κ3) is 4.30. The molecule has 0 radical (unpaired) electrons. The van der Waals surface area contributed by atoms with E-state index in [9.17, 15) is 4.79 Å². The first-order valence-corrected chi connectivity index (χ1v) is 11.8. The van der Waals surface area contributed by atoms with Gasteiger partial charge >= 0.3 is 6.03 Å². The second kappa shape index (κ2) is 8.82. The number of fused-ring (bicyclic) bond motifs is 1. The summed E-state index contributed by atoms with van der Waals surface area (Å²) < 4.78 is 5.22. The molecule has 0 saturated carbocycles. The Hall–Kier alpha value is -3.06. The molecule has 3 aromatic rings. The predicted molar refractivity (Wildman–Crippen MR) is 130 cm³/mol. The number of nitrogens with zero attached hydrogens (tertiary/aromatic N) is 3. The molecule has 1 aromatic carbocycles. The number of anilines is 1. The maximum absolute atomic E-state index is 13.0. The third-order valence-electron chi connectivity index (χ3n) is 5.78. The fourth-order valence-electron chi connectivity index (χ4n) is 3.98. The summed E-state index contributed by atoms with van der Waals surface area (Å²) in [6.45, 7) is 7.33. The van der Waals surface area contributed by atoms with Crippen LogP contribution in [-0.4, -0.2) is 35.9 Å². The van der Waals surface area contributed by atoms with Gasteiger partial charge in [-0.3, -0.25) is 4.90 Å². The summed E-state index contributed by atoms with van der Waals surface area (Å²) in [7, 11) is 1.61. The molecule has 0 spiro atoms. The van der Waals surface area contributed by atoms with Crippen molar-refractivity contribution in [1.29, 1.82) is 0 Å². The molecule has 4 rings (SSSR count). The first-order valence-electron chi connectivity index (χ1n) is 10.5. The number of amides is 2. The molecular formula is C25H28N4O2S. The molecule has 2 aromatic heterocycles. The van der Waals surface area contributed by atoms with E-state index in [0.717, 1.165) is 33.8 Å². The normalized spacial score (nSPS) is 14.2. The minimum Gasteiger partial charge on any atom is -0.481 e. The first kappa shape index (κ1) is 22.1. The average molecular weight is 449 g/mol. The predicted octanol–water partition coefficient (Wildman–Crippen LogP) is 5.19. The van der Waals surface area contributed by atoms with Crippen molar-refractivity contribution in [2.45, 2.75) is 37.6 Å². The van der Waals surface area contributed by atoms with Gasteiger partial charge in [0, 0.05) is 41.2 Å². The van der Waals surface area contributed by atoms with Crippen LogP contribution in [0.15, 0.2) is 53.6 Å². The molecule has 0 bridgehead atoms. The average Bonchev–Trinajstić information content (AvgIpc) is 3.08. The van der Waals surface area contributed by atoms with Crippen LogP contribution >= 0.6 is 11.8 Å². The summed E-state index contributed by atoms with van der Waals surface area (Å²) in [6.07, 6.45) is 3.84. The van der Waals surface area contributed by atoms with Gasteiger partial charge in [-0.15, -0.1) is 11.8 Å². The molecule has 0 fully saturated rings. The lowest BCUT2D eigenvalue weighted by molar-refractivity contribution is 0.245. The third-order valence-corrected chi connectivity index (χ3v) is 6.52. The van der Waals surface area contributed by atoms with E-state index < -0.39 is 0 Å². The Bertz CT molecular complexity index is 1150. The first-order chi connectivity index (χ1) is 15.3. The lowest BCUT2D eigenvalue weighted by Gasteiger charge is -2.20. The summed E-state index contributed by atoms with van der Waals surface area (Å²) in [6, 6.07) is 14.0. The van der Waals surface area contributed by atoms with Crippen molar-refractivity contribution in [3.63, 3.8) is 0 Å². The van der Waals surface area contributed by atoms with Crippen LogP contribution in [0.3, 0.4) is 0 Å². The van der Waals surface area contributed by atoms with Crippen molar-refractivity contribution >= 4 is 23.5 Å². The highest BCUT2D eigenvalue weighted by atomic mass is 32.2. The highest BCUT2D eigenvalue weighted by Gasteiger charge is 2.39. The lowest BCUT2D eigenvalue weighted by Crippen LogP contribution is -2.41. The van der Waals surface area contributed by atoms with Gasteiger partial charge in [-0.1, -0.05) is 26.0 Å². The van der Waals surface area contributed by atoms with Gasteiger partial charge < -0.3 is 10.1 Å². The maximum atomic E-state index is 13.0. The lowest BCUT2D eigenvalue weighted by atomic mass is 9.91. The van der Waals surface area contributed by atoms with Gasteiger partial charge in [0.1, 0.15) is 0 Å². The van der Waals surface area contributed by atoms with E-state index in [4.69, 9.17) is 9.72 Å². The fourth-order valence-corrected chi connectivity index (χ4v) is 4.39. The number of hydrogen-bond donors (Lipinski definition) is 1. The summed E-state index contributed by atoms with van der Waals surface area (Å²) in [4.78, 5) is 25.3. The van der Waals surface area contributed by atoms with Gasteiger partial charge in [0.15, 0.2) is 0 Å². The number of ether oxygens (including phenoxy) is 1. The Morgan fingerprint density at radius 2 is 1.97 bits per heavy atom. The molecular weight excluding hydrogens is 420 g/mol. The van der Waals surface area contributed by atoms with E-state index in [2.05, 4.69) is 42.5 Å². The van der Waals surface area contributed by atoms with Crippen molar-refractivity contribution in [2.24, 2.45) is 0 Å². The smallest absolute Gasteiger partial charge is 0.322 e. The van der Waals surface area contributed by atoms with Gasteiger partial charge in [0.05, 0.1) is 24.2 Å². The number of pyridine rings is 2. The SMILES string of the molecule is COc1cc(C)c(-c2ccc3c(n2)C(C)(C)CN3C(=O)NCc2ccc(SC)cc2)cn1. The van der Waals surface area contributed by atoms with E-state index in [1.807, 2.05) is 37.3 Å². The molecule has 0 atom stereocenters. The molecule has 166 valence electrons. The molecule has 7 heteroatoms. The zero-order valence-corrected chi connectivity index (χ0v) is 19.9. The molecule has 32 heavy (non-hydrogen) atoms. The molecule has 1 N–H and O–H groups in total. The summed E-state index contributed by atoms with van der Waals surface area (Å²) in [5.74, 6) is 0.582. The summed E-state index contributed by atoms with van der Waals surface area (Å²) in [5, 5.41) is 3.05. The number of carbonyl (C=O) groups excluding carboxylic acids is 1. The molecule has 6 nitrogen and oxygen atoms in total. The molecule has 0 aliphatic carbocycles. The quantitative estimate of drug-likeness (QED) is 0.544. The van der Waals surface area contributed by atoms with Crippen LogP contribution in [0.25, 0.3) is 11.3 Å². The van der Waals surface area contributed by atoms with Crippen LogP contribution in [-0.2, 0) is 12.0 Å². The maximum Gasteiger partial charge on any atom is 0.322 e. The molecule has 2 amide bonds. The molecule has 1 aliphatic rings. The topological polar surface area (TPSA) is 67.3 Å². The summed E-state index contributed by atoms with van der Waals surface area (Å²) >= 11 is 1.70. The minimum atomic E-state index is -0.253. The Kier molecular flexibility index (Phi) is 6.11. The Balaban J connectivity index is 1.56. The number of thioether (sulfide) groups is 1. The second-order valence-corrected chi connectivity index (χ2v) is 9.46. The molecule has 0 saturated heterocycles. The highest BCUT2D eigenvalue weighted by molar-refractivity contribution is 7.98. The standard InChI is InChI=1S/C25H28N4O2S/c1-16-12-22(31-4)26-14-19(16)20-10-11-21-23(28-20)25(2,3)15-29(21)24(30)27-13-17-6-8-18(32-5)9-7-17/h6-12,14H,13,15H2,1-5H3,(H,27,30). The Morgan fingerprint density at radius 1 is 1.22 bits per heavy atom. The largest absolute Gasteiger partial charge is 0.481 e. The fraction of sp³-hybridized carbons (Fsp3) is 0.320. The van der Waals surface area contributed by atoms with Crippen LogP contribution in [0.2, 0.25) is 0 Å². The second-order valence-electron chi connectivity index (χ2n) is 8.58. The van der Waals surface area contributed by atoms with Crippen molar-refractivity contribution in [3.8, 4) is 17.1 Å². The van der Waals surface area contributed by atoms with E-state index in [0.29, 0.717) is 19.0 Å². The monoisotopic (exact) mass is 448 g/mol. The van der Waals surface area contributed by atoms with E-state index in [1.54, 1.807) is 30.0 Å². The van der Waals surface area contributed by atoms with Gasteiger partial charge in [0.25, 0.3) is 0 Å². The van der Waals surface area contributed by atoms with Crippen molar-refractivity contribution in [3.05, 3.63) is 65.5 Å². The number of aromatic nitrogens is 2. The summed E-state index contributed by atoms with van der Waals surface area (Å²) in [5.41, 5.74) is 5.45. The van der Waals surface area contributed by atoms with Gasteiger partial charge in [0.2, 0.25) is 5.88 Å². The zero-order chi connectivity index (χ0) is 22.9. The zero-order valence-electron chi connectivity index (χ0n) is 19.1. The van der Waals surface area contributed by atoms with E-state index in [-0.39, 0.29) is 11.4 Å². The van der Waals surface area contributed by atoms with Gasteiger partial charge in [-0.25, -0.2) is 14.8 Å². The number of benzene rings is 1. The minimum absolute atomic E-state index is 0.109. The van der Waals surface area contributed by atoms with E-state index in [1.165, 1.54) is 4.90 Å². The van der Waals surface area contributed by atoms with Crippen LogP contribution in [0.5, 0.6) is 5.88 Å². The van der Waals surface area contributed by atoms with E-state index >= 15 is 0 Å². The van der Waals surface area contributed by atoms with Crippen molar-refractivity contribution in [2.75, 3.05) is 24.8 Å². The van der Waals surface area contributed by atoms with Crippen LogP contribution in [0.1, 0.15) is 30.7 Å². The number of nitrogens with one attached hydrogen (secondary N) is 1. The van der Waals surface area contributed by atoms with Crippen LogP contribution in [0, 0.1) is 6.92 Å². The highest BCUT2D eigenvalue weighted by Crippen LogP contribution is 2.40. The molecule has 3 heterocycles. The van der Waals surface area contributed by atoms with Gasteiger partial charge in [-0.2, -0.15) is 0 Å². The van der Waals surface area contributed by atoms with Crippen molar-refractivity contribution in [1.82, 2.24) is 15.3 Å². The Morgan fingerprint density at radius 3 is 2.62 bits per heavy atom. The number of methoxy groups -OCH3 is 1. The number of carbonyl (C=O) groups is 1. The van der Waals surface area contributed by atoms with Crippen molar-refractivity contribution < 1.29 is 9.53 Å². The number of aryl methyl sites for hydroxylation is 1. The molecule has 0 unspecified atom stereocenters. The van der Waals surface area contributed by atoms with Gasteiger partial charge in [-0.05, 0) is 48.6 Å². The Labute approximate surface area is 193 Å². The number of hydrogen-bond acceptors (Lipinski definition) is 5. The molecule has 1 aliphatic heterocycles. The number of urea groups is 1.